The molecule has 0 N–H and O–H groups in total. The molecular weight excluding hydrogens is 564 g/mol. The van der Waals surface area contributed by atoms with Gasteiger partial charge < -0.3 is 32.5 Å². The van der Waals surface area contributed by atoms with E-state index in [0.29, 0.717) is 41.1 Å². The van der Waals surface area contributed by atoms with Crippen molar-refractivity contribution in [2.24, 2.45) is 0 Å². The maximum atomic E-state index is 12.8. The van der Waals surface area contributed by atoms with Gasteiger partial charge in [0.25, 0.3) is 0 Å². The van der Waals surface area contributed by atoms with Gasteiger partial charge in [-0.1, -0.05) is 45.1 Å². The zero-order valence-electron chi connectivity index (χ0n) is 26.9. The topological polar surface area (TPSA) is 88.9 Å². The van der Waals surface area contributed by atoms with E-state index in [9.17, 15) is 4.79 Å². The molecule has 1 aliphatic heterocycles. The fourth-order valence-corrected chi connectivity index (χ4v) is 6.33. The highest BCUT2D eigenvalue weighted by atomic mass is 28.4. The Morgan fingerprint density at radius 2 is 1.67 bits per heavy atom. The smallest absolute Gasteiger partial charge is 0.347 e. The molecule has 4 atom stereocenters. The van der Waals surface area contributed by atoms with Gasteiger partial charge in [-0.3, -0.25) is 0 Å². The number of benzene rings is 2. The lowest BCUT2D eigenvalue weighted by Gasteiger charge is -2.38. The van der Waals surface area contributed by atoms with Gasteiger partial charge in [0, 0.05) is 25.0 Å². The van der Waals surface area contributed by atoms with Gasteiger partial charge in [-0.25, -0.2) is 4.79 Å². The van der Waals surface area contributed by atoms with Crippen LogP contribution >= 0.6 is 0 Å². The Bertz CT molecular complexity index is 1450. The molecule has 3 aromatic rings. The molecule has 2 heterocycles. The van der Waals surface area contributed by atoms with E-state index in [-0.39, 0.29) is 29.5 Å². The predicted octanol–water partition coefficient (Wildman–Crippen LogP) is 7.07. The van der Waals surface area contributed by atoms with E-state index in [1.165, 1.54) is 7.11 Å². The SMILES string of the molecule is COc1ccc(COC(/C=C/Cc2cc3cc(OC)cc(OC)c3c(=O)o2)[C@H]2O[C@@H]2C[C@H](C)O[Si](C)(C)C(C)(C)C)cc1. The molecule has 9 heteroatoms. The number of allylic oxidation sites excluding steroid dienone is 1. The van der Waals surface area contributed by atoms with Crippen molar-refractivity contribution in [1.82, 2.24) is 0 Å². The summed E-state index contributed by atoms with van der Waals surface area (Å²) in [6.45, 7) is 13.9. The van der Waals surface area contributed by atoms with E-state index in [0.717, 1.165) is 17.7 Å². The van der Waals surface area contributed by atoms with Crippen molar-refractivity contribution in [3.05, 3.63) is 76.4 Å². The van der Waals surface area contributed by atoms with Gasteiger partial charge in [0.2, 0.25) is 0 Å². The second kappa shape index (κ2) is 13.7. The van der Waals surface area contributed by atoms with Crippen molar-refractivity contribution < 1.29 is 32.5 Å². The molecular formula is C34H46O8Si. The number of epoxide rings is 1. The first-order chi connectivity index (χ1) is 20.3. The maximum Gasteiger partial charge on any atom is 0.347 e. The van der Waals surface area contributed by atoms with Crippen LogP contribution in [0.25, 0.3) is 10.8 Å². The molecule has 0 amide bonds. The van der Waals surface area contributed by atoms with Crippen LogP contribution in [0.1, 0.15) is 45.4 Å². The van der Waals surface area contributed by atoms with Gasteiger partial charge in [-0.15, -0.1) is 0 Å². The number of fused-ring (bicyclic) bond motifs is 1. The highest BCUT2D eigenvalue weighted by Crippen LogP contribution is 2.39. The Morgan fingerprint density at radius 3 is 2.30 bits per heavy atom. The van der Waals surface area contributed by atoms with E-state index in [2.05, 4.69) is 40.8 Å². The first-order valence-electron chi connectivity index (χ1n) is 14.8. The molecule has 8 nitrogen and oxygen atoms in total. The summed E-state index contributed by atoms with van der Waals surface area (Å²) in [6, 6.07) is 13.2. The third kappa shape index (κ3) is 8.29. The first-order valence-corrected chi connectivity index (χ1v) is 17.7. The van der Waals surface area contributed by atoms with E-state index >= 15 is 0 Å². The van der Waals surface area contributed by atoms with Crippen LogP contribution in [0.4, 0.5) is 0 Å². The van der Waals surface area contributed by atoms with Crippen molar-refractivity contribution >= 4 is 19.1 Å². The van der Waals surface area contributed by atoms with Crippen LogP contribution in [0.2, 0.25) is 18.1 Å². The van der Waals surface area contributed by atoms with Crippen molar-refractivity contribution in [1.29, 1.82) is 0 Å². The molecule has 43 heavy (non-hydrogen) atoms. The maximum absolute atomic E-state index is 12.8. The quantitative estimate of drug-likeness (QED) is 0.109. The van der Waals surface area contributed by atoms with Crippen LogP contribution in [0.5, 0.6) is 17.2 Å². The molecule has 0 bridgehead atoms. The molecule has 1 saturated heterocycles. The Balaban J connectivity index is 1.48. The average molecular weight is 611 g/mol. The monoisotopic (exact) mass is 610 g/mol. The minimum absolute atomic E-state index is 0.0452. The Morgan fingerprint density at radius 1 is 0.977 bits per heavy atom. The second-order valence-electron chi connectivity index (χ2n) is 12.6. The number of methoxy groups -OCH3 is 3. The fourth-order valence-electron chi connectivity index (χ4n) is 4.88. The molecule has 4 rings (SSSR count). The molecule has 1 unspecified atom stereocenters. The molecule has 0 aliphatic carbocycles. The van der Waals surface area contributed by atoms with E-state index in [4.69, 9.17) is 32.5 Å². The number of rotatable bonds is 14. The molecule has 0 spiro atoms. The molecule has 234 valence electrons. The van der Waals surface area contributed by atoms with Crippen LogP contribution in [-0.2, 0) is 26.9 Å². The molecule has 1 aromatic heterocycles. The lowest BCUT2D eigenvalue weighted by Crippen LogP contribution is -2.43. The Labute approximate surface area is 256 Å². The zero-order chi connectivity index (χ0) is 31.4. The van der Waals surface area contributed by atoms with Gasteiger partial charge in [0.05, 0.1) is 34.0 Å². The summed E-state index contributed by atoms with van der Waals surface area (Å²) in [5.74, 6) is 2.35. The standard InChI is InChI=1S/C34H46O8Si/c1-22(42-43(8,9)34(2,3)4)17-30-32(41-30)28(39-21-23-13-15-25(36-5)16-14-23)12-10-11-26-18-24-19-27(37-6)20-29(38-7)31(24)33(35)40-26/h10,12-16,18-20,22,28,30,32H,11,17,21H2,1-9H3/b12-10+/t22-,28?,30+,32+/m0/s1. The summed E-state index contributed by atoms with van der Waals surface area (Å²) in [5.41, 5.74) is 0.587. The Kier molecular flexibility index (Phi) is 10.4. The minimum atomic E-state index is -1.88. The summed E-state index contributed by atoms with van der Waals surface area (Å²) in [5, 5.41) is 1.23. The highest BCUT2D eigenvalue weighted by Gasteiger charge is 2.46. The fraction of sp³-hybridized carbons (Fsp3) is 0.500. The lowest BCUT2D eigenvalue weighted by molar-refractivity contribution is 0.0524. The number of hydrogen-bond acceptors (Lipinski definition) is 8. The van der Waals surface area contributed by atoms with Crippen molar-refractivity contribution in [2.45, 2.75) is 89.7 Å². The largest absolute Gasteiger partial charge is 0.497 e. The second-order valence-corrected chi connectivity index (χ2v) is 17.4. The summed E-state index contributed by atoms with van der Waals surface area (Å²) in [6.07, 6.45) is 4.95. The van der Waals surface area contributed by atoms with Crippen LogP contribution in [0, 0.1) is 0 Å². The van der Waals surface area contributed by atoms with Crippen LogP contribution in [0.3, 0.4) is 0 Å². The summed E-state index contributed by atoms with van der Waals surface area (Å²) in [7, 11) is 2.87. The third-order valence-electron chi connectivity index (χ3n) is 8.36. The molecule has 0 saturated carbocycles. The number of ether oxygens (including phenoxy) is 5. The summed E-state index contributed by atoms with van der Waals surface area (Å²) in [4.78, 5) is 12.8. The molecule has 0 radical (unpaired) electrons. The first kappa shape index (κ1) is 32.8. The normalized spacial score (nSPS) is 18.5. The third-order valence-corrected chi connectivity index (χ3v) is 13.0. The van der Waals surface area contributed by atoms with Crippen molar-refractivity contribution in [3.8, 4) is 17.2 Å². The minimum Gasteiger partial charge on any atom is -0.497 e. The van der Waals surface area contributed by atoms with Gasteiger partial charge in [0.1, 0.15) is 40.6 Å². The van der Waals surface area contributed by atoms with E-state index in [1.807, 2.05) is 42.5 Å². The average Bonchev–Trinajstić information content (AvgIpc) is 3.71. The molecule has 1 aliphatic rings. The zero-order valence-corrected chi connectivity index (χ0v) is 27.9. The van der Waals surface area contributed by atoms with Gasteiger partial charge in [0.15, 0.2) is 8.32 Å². The van der Waals surface area contributed by atoms with Crippen molar-refractivity contribution in [2.75, 3.05) is 21.3 Å². The van der Waals surface area contributed by atoms with Gasteiger partial charge in [-0.2, -0.15) is 0 Å². The lowest BCUT2D eigenvalue weighted by atomic mass is 10.1. The predicted molar refractivity (Wildman–Crippen MR) is 171 cm³/mol. The van der Waals surface area contributed by atoms with Crippen molar-refractivity contribution in [3.63, 3.8) is 0 Å². The molecule has 2 aromatic carbocycles. The van der Waals surface area contributed by atoms with Gasteiger partial charge >= 0.3 is 5.63 Å². The molecule has 1 fully saturated rings. The van der Waals surface area contributed by atoms with E-state index < -0.39 is 13.9 Å². The summed E-state index contributed by atoms with van der Waals surface area (Å²) < 4.78 is 40.8. The summed E-state index contributed by atoms with van der Waals surface area (Å²) >= 11 is 0. The van der Waals surface area contributed by atoms with E-state index in [1.54, 1.807) is 26.4 Å². The Hall–Kier alpha value is -3.11. The van der Waals surface area contributed by atoms with Crippen LogP contribution in [-0.4, -0.2) is 54.1 Å². The van der Waals surface area contributed by atoms with Gasteiger partial charge in [-0.05, 0) is 60.3 Å². The number of hydrogen-bond donors (Lipinski definition) is 0. The van der Waals surface area contributed by atoms with Crippen LogP contribution in [0.15, 0.2) is 63.8 Å². The highest BCUT2D eigenvalue weighted by molar-refractivity contribution is 6.74. The van der Waals surface area contributed by atoms with Crippen LogP contribution < -0.4 is 19.8 Å².